The van der Waals surface area contributed by atoms with Gasteiger partial charge in [-0.15, -0.1) is 0 Å². The van der Waals surface area contributed by atoms with Crippen molar-refractivity contribution >= 4 is 27.5 Å². The number of nitrogens with zero attached hydrogens (tertiary/aromatic N) is 1. The van der Waals surface area contributed by atoms with Crippen LogP contribution in [0.3, 0.4) is 0 Å². The van der Waals surface area contributed by atoms with Gasteiger partial charge in [0.2, 0.25) is 20.6 Å². The van der Waals surface area contributed by atoms with Crippen molar-refractivity contribution in [2.24, 2.45) is 11.5 Å². The highest BCUT2D eigenvalue weighted by Gasteiger charge is 2.51. The van der Waals surface area contributed by atoms with Crippen molar-refractivity contribution in [1.29, 1.82) is 5.41 Å². The Morgan fingerprint density at radius 1 is 1.32 bits per heavy atom. The van der Waals surface area contributed by atoms with E-state index in [9.17, 15) is 23.1 Å². The molecule has 1 unspecified atom stereocenters. The van der Waals surface area contributed by atoms with Gasteiger partial charge in [0.1, 0.15) is 10.7 Å². The van der Waals surface area contributed by atoms with Gasteiger partial charge in [0.25, 0.3) is 0 Å². The van der Waals surface area contributed by atoms with Crippen LogP contribution in [0.1, 0.15) is 41.5 Å². The largest absolute Gasteiger partial charge is 0.479 e. The van der Waals surface area contributed by atoms with Crippen LogP contribution in [0.15, 0.2) is 33.7 Å². The molecule has 0 spiro atoms. The lowest BCUT2D eigenvalue weighted by Crippen LogP contribution is -2.61. The minimum Gasteiger partial charge on any atom is -0.479 e. The normalized spacial score (nSPS) is 20.0. The molecule has 0 bridgehead atoms. The molecule has 1 aromatic carbocycles. The van der Waals surface area contributed by atoms with Crippen molar-refractivity contribution in [1.82, 2.24) is 16.0 Å². The molecule has 0 saturated carbocycles. The Bertz CT molecular complexity index is 1190. The standard InChI is InChI=1S/C20H26N6O7S/c1-10-17(11(2)32-25-10)34(30,31)20(23,19(28)29)9-24-16(27)8-14-7-15(26-33-14)12-3-5-13(6-4-12)18(21)22/h3-6,14-15,26H,7-9,23H2,1-2H3,(H3,21,22)(H,24,27)(H,28,29)/t14-,15?,20-/m1/s1. The number of benzene rings is 1. The first-order valence-electron chi connectivity index (χ1n) is 10.2. The lowest BCUT2D eigenvalue weighted by atomic mass is 9.99. The highest BCUT2D eigenvalue weighted by molar-refractivity contribution is 7.93. The number of hydrogen-bond acceptors (Lipinski definition) is 10. The van der Waals surface area contributed by atoms with Crippen LogP contribution >= 0.6 is 0 Å². The summed E-state index contributed by atoms with van der Waals surface area (Å²) in [4.78, 5) is 26.5. The van der Waals surface area contributed by atoms with Gasteiger partial charge in [-0.25, -0.2) is 13.2 Å². The zero-order chi connectivity index (χ0) is 25.3. The number of hydroxylamine groups is 1. The fourth-order valence-corrected chi connectivity index (χ4v) is 5.29. The second-order valence-corrected chi connectivity index (χ2v) is 10.2. The minimum atomic E-state index is -4.66. The molecule has 3 rings (SSSR count). The van der Waals surface area contributed by atoms with E-state index < -0.39 is 44.1 Å². The van der Waals surface area contributed by atoms with E-state index in [1.54, 1.807) is 24.3 Å². The maximum absolute atomic E-state index is 13.0. The number of amides is 1. The van der Waals surface area contributed by atoms with Gasteiger partial charge < -0.3 is 26.4 Å². The van der Waals surface area contributed by atoms with Gasteiger partial charge in [-0.3, -0.25) is 15.0 Å². The molecule has 1 aliphatic rings. The maximum Gasteiger partial charge on any atom is 0.341 e. The molecule has 1 amide bonds. The number of carboxylic acid groups (broad SMARTS) is 1. The van der Waals surface area contributed by atoms with Gasteiger partial charge in [0.15, 0.2) is 5.76 Å². The van der Waals surface area contributed by atoms with Gasteiger partial charge in [-0.1, -0.05) is 29.4 Å². The van der Waals surface area contributed by atoms with Crippen LogP contribution in [0.2, 0.25) is 0 Å². The lowest BCUT2D eigenvalue weighted by Gasteiger charge is -2.25. The van der Waals surface area contributed by atoms with Crippen molar-refractivity contribution in [3.05, 3.63) is 46.8 Å². The molecule has 2 aromatic rings. The number of carboxylic acids is 1. The Labute approximate surface area is 195 Å². The Balaban J connectivity index is 1.63. The van der Waals surface area contributed by atoms with Gasteiger partial charge in [0.05, 0.1) is 30.8 Å². The van der Waals surface area contributed by atoms with Gasteiger partial charge >= 0.3 is 5.97 Å². The van der Waals surface area contributed by atoms with Crippen molar-refractivity contribution in [3.63, 3.8) is 0 Å². The van der Waals surface area contributed by atoms with Crippen LogP contribution in [-0.4, -0.2) is 53.9 Å². The van der Waals surface area contributed by atoms with Gasteiger partial charge in [-0.05, 0) is 25.8 Å². The van der Waals surface area contributed by atoms with Crippen LogP contribution < -0.4 is 22.3 Å². The molecule has 8 N–H and O–H groups in total. The Morgan fingerprint density at radius 2 is 1.97 bits per heavy atom. The number of nitrogens with one attached hydrogen (secondary N) is 3. The predicted molar refractivity (Wildman–Crippen MR) is 118 cm³/mol. The van der Waals surface area contributed by atoms with Gasteiger partial charge in [-0.2, -0.15) is 5.48 Å². The molecule has 3 atom stereocenters. The van der Waals surface area contributed by atoms with E-state index >= 15 is 0 Å². The van der Waals surface area contributed by atoms with E-state index in [2.05, 4.69) is 16.0 Å². The van der Waals surface area contributed by atoms with E-state index in [4.69, 9.17) is 26.2 Å². The summed E-state index contributed by atoms with van der Waals surface area (Å²) < 4.78 is 30.8. The van der Waals surface area contributed by atoms with E-state index in [-0.39, 0.29) is 29.8 Å². The summed E-state index contributed by atoms with van der Waals surface area (Å²) in [5, 5.41) is 22.9. The molecule has 34 heavy (non-hydrogen) atoms. The molecular formula is C20H26N6O7S. The summed E-state index contributed by atoms with van der Waals surface area (Å²) in [7, 11) is -4.66. The third-order valence-electron chi connectivity index (χ3n) is 5.54. The second kappa shape index (κ2) is 9.50. The molecule has 2 heterocycles. The molecule has 1 aromatic heterocycles. The van der Waals surface area contributed by atoms with Gasteiger partial charge in [0, 0.05) is 5.56 Å². The third-order valence-corrected chi connectivity index (χ3v) is 7.94. The summed E-state index contributed by atoms with van der Waals surface area (Å²) in [6, 6.07) is 6.76. The molecular weight excluding hydrogens is 468 g/mol. The summed E-state index contributed by atoms with van der Waals surface area (Å²) in [5.41, 5.74) is 15.5. The first kappa shape index (κ1) is 25.3. The molecule has 14 heteroatoms. The molecule has 1 fully saturated rings. The molecule has 184 valence electrons. The molecule has 1 aliphatic heterocycles. The van der Waals surface area contributed by atoms with Crippen molar-refractivity contribution in [2.75, 3.05) is 6.54 Å². The zero-order valence-corrected chi connectivity index (χ0v) is 19.3. The molecule has 0 aliphatic carbocycles. The van der Waals surface area contributed by atoms with Crippen LogP contribution in [0.25, 0.3) is 0 Å². The van der Waals surface area contributed by atoms with Crippen molar-refractivity contribution < 1.29 is 32.5 Å². The third kappa shape index (κ3) is 4.79. The van der Waals surface area contributed by atoms with Crippen molar-refractivity contribution in [3.8, 4) is 0 Å². The number of carbonyl (C=O) groups is 2. The summed E-state index contributed by atoms with van der Waals surface area (Å²) in [6.07, 6.45) is -0.277. The highest BCUT2D eigenvalue weighted by atomic mass is 32.2. The summed E-state index contributed by atoms with van der Waals surface area (Å²) in [5.74, 6) is -2.62. The van der Waals surface area contributed by atoms with E-state index in [1.165, 1.54) is 13.8 Å². The molecule has 13 nitrogen and oxygen atoms in total. The number of amidine groups is 1. The summed E-state index contributed by atoms with van der Waals surface area (Å²) in [6.45, 7) is 1.80. The second-order valence-electron chi connectivity index (χ2n) is 8.01. The monoisotopic (exact) mass is 494 g/mol. The first-order chi connectivity index (χ1) is 15.9. The highest BCUT2D eigenvalue weighted by Crippen LogP contribution is 2.29. The predicted octanol–water partition coefficient (Wildman–Crippen LogP) is -0.370. The fraction of sp³-hybridized carbons (Fsp3) is 0.400. The zero-order valence-electron chi connectivity index (χ0n) is 18.5. The fourth-order valence-electron chi connectivity index (χ4n) is 3.60. The first-order valence-corrected chi connectivity index (χ1v) is 11.7. The van der Waals surface area contributed by atoms with E-state index in [1.807, 2.05) is 0 Å². The number of hydrogen-bond donors (Lipinski definition) is 6. The number of sulfone groups is 1. The smallest absolute Gasteiger partial charge is 0.341 e. The number of nitrogens with two attached hydrogens (primary N) is 2. The number of aliphatic carboxylic acids is 1. The topological polar surface area (TPSA) is 224 Å². The van der Waals surface area contributed by atoms with E-state index in [0.717, 1.165) is 5.56 Å². The maximum atomic E-state index is 13.0. The van der Waals surface area contributed by atoms with Crippen LogP contribution in [0.5, 0.6) is 0 Å². The van der Waals surface area contributed by atoms with Crippen LogP contribution in [0, 0.1) is 19.3 Å². The Morgan fingerprint density at radius 3 is 2.50 bits per heavy atom. The molecule has 0 radical (unpaired) electrons. The summed E-state index contributed by atoms with van der Waals surface area (Å²) >= 11 is 0. The van der Waals surface area contributed by atoms with Crippen LogP contribution in [0.4, 0.5) is 0 Å². The van der Waals surface area contributed by atoms with Crippen LogP contribution in [-0.2, 0) is 24.3 Å². The molecule has 1 saturated heterocycles. The average molecular weight is 495 g/mol. The number of aromatic nitrogens is 1. The lowest BCUT2D eigenvalue weighted by molar-refractivity contribution is -0.140. The van der Waals surface area contributed by atoms with E-state index in [0.29, 0.717) is 12.0 Å². The number of nitrogen functional groups attached to an aromatic ring is 1. The minimum absolute atomic E-state index is 0.0345. The SMILES string of the molecule is Cc1noc(C)c1S(=O)(=O)[C@](N)(CNC(=O)C[C@H]1CC(c2ccc(C(=N)N)cc2)NO1)C(=O)O. The number of carbonyl (C=O) groups excluding carboxylic acids is 1. The quantitative estimate of drug-likeness (QED) is 0.195. The number of rotatable bonds is 9. The number of aryl methyl sites for hydroxylation is 2. The Hall–Kier alpha value is -3.33. The average Bonchev–Trinajstić information content (AvgIpc) is 3.37. The Kier molecular flexibility index (Phi) is 7.07. The van der Waals surface area contributed by atoms with Crippen molar-refractivity contribution in [2.45, 2.75) is 48.6 Å².